The number of carbonyl (C=O) groups excluding carboxylic acids is 1. The van der Waals surface area contributed by atoms with E-state index < -0.39 is 17.4 Å². The van der Waals surface area contributed by atoms with Crippen LogP contribution in [0.3, 0.4) is 0 Å². The normalized spacial score (nSPS) is 31.7. The van der Waals surface area contributed by atoms with Gasteiger partial charge in [-0.25, -0.2) is 13.8 Å². The molecular formula is C18H23F2N3O2. The molecule has 0 bridgehead atoms. The molecule has 1 aromatic heterocycles. The van der Waals surface area contributed by atoms with Gasteiger partial charge in [-0.1, -0.05) is 6.07 Å². The maximum atomic E-state index is 14.9. The minimum atomic E-state index is -2.77. The number of ether oxygens (including phenoxy) is 1. The number of aromatic nitrogens is 1. The Morgan fingerprint density at radius 1 is 1.24 bits per heavy atom. The zero-order valence-electron chi connectivity index (χ0n) is 14.2. The Bertz CT molecular complexity index is 636. The van der Waals surface area contributed by atoms with Crippen LogP contribution < -0.4 is 4.90 Å². The maximum Gasteiger partial charge on any atom is 0.258 e. The number of halogens is 2. The van der Waals surface area contributed by atoms with Crippen molar-refractivity contribution in [1.29, 1.82) is 0 Å². The molecule has 1 amide bonds. The van der Waals surface area contributed by atoms with Crippen molar-refractivity contribution < 1.29 is 18.3 Å². The van der Waals surface area contributed by atoms with E-state index in [2.05, 4.69) is 4.98 Å². The van der Waals surface area contributed by atoms with Crippen molar-refractivity contribution in [2.45, 2.75) is 37.7 Å². The molecule has 0 saturated carbocycles. The Hall–Kier alpha value is -1.76. The van der Waals surface area contributed by atoms with Crippen LogP contribution in [-0.2, 0) is 9.53 Å². The number of alkyl halides is 2. The van der Waals surface area contributed by atoms with Crippen LogP contribution in [0.2, 0.25) is 0 Å². The van der Waals surface area contributed by atoms with Crippen LogP contribution in [0.25, 0.3) is 0 Å². The molecule has 2 atom stereocenters. The zero-order valence-corrected chi connectivity index (χ0v) is 14.2. The van der Waals surface area contributed by atoms with Gasteiger partial charge in [-0.3, -0.25) is 4.79 Å². The number of hydrogen-bond acceptors (Lipinski definition) is 4. The average molecular weight is 351 g/mol. The first-order valence-electron chi connectivity index (χ1n) is 8.95. The molecular weight excluding hydrogens is 328 g/mol. The van der Waals surface area contributed by atoms with Gasteiger partial charge in [0.15, 0.2) is 0 Å². The molecule has 0 unspecified atom stereocenters. The minimum Gasteiger partial charge on any atom is -0.368 e. The second-order valence-corrected chi connectivity index (χ2v) is 7.36. The van der Waals surface area contributed by atoms with Gasteiger partial charge in [0, 0.05) is 45.4 Å². The van der Waals surface area contributed by atoms with E-state index in [-0.39, 0.29) is 32.0 Å². The van der Waals surface area contributed by atoms with Crippen LogP contribution in [0, 0.1) is 5.41 Å². The summed E-state index contributed by atoms with van der Waals surface area (Å²) in [5, 5.41) is 0. The SMILES string of the molecule is O=C([C@H]1CCCO1)N1CCC(F)(F)[C@@]2(CCN(c3ccccn3)C2)C1. The molecule has 136 valence electrons. The van der Waals surface area contributed by atoms with E-state index in [0.29, 0.717) is 26.0 Å². The van der Waals surface area contributed by atoms with E-state index in [0.717, 1.165) is 12.2 Å². The van der Waals surface area contributed by atoms with Gasteiger partial charge in [0.05, 0.1) is 5.41 Å². The lowest BCUT2D eigenvalue weighted by Crippen LogP contribution is -2.59. The molecule has 4 rings (SSSR count). The smallest absolute Gasteiger partial charge is 0.258 e. The number of pyridine rings is 1. The number of likely N-dealkylation sites (tertiary alicyclic amines) is 1. The largest absolute Gasteiger partial charge is 0.368 e. The topological polar surface area (TPSA) is 45.7 Å². The minimum absolute atomic E-state index is 0.0992. The highest BCUT2D eigenvalue weighted by atomic mass is 19.3. The molecule has 5 nitrogen and oxygen atoms in total. The molecule has 4 heterocycles. The first kappa shape index (κ1) is 16.7. The van der Waals surface area contributed by atoms with E-state index >= 15 is 0 Å². The maximum absolute atomic E-state index is 14.9. The quantitative estimate of drug-likeness (QED) is 0.820. The molecule has 1 spiro atoms. The third kappa shape index (κ3) is 2.88. The lowest BCUT2D eigenvalue weighted by molar-refractivity contribution is -0.173. The number of amides is 1. The zero-order chi connectivity index (χ0) is 17.5. The van der Waals surface area contributed by atoms with E-state index in [1.807, 2.05) is 23.1 Å². The first-order valence-corrected chi connectivity index (χ1v) is 8.95. The van der Waals surface area contributed by atoms with Gasteiger partial charge in [0.1, 0.15) is 11.9 Å². The Morgan fingerprint density at radius 3 is 2.84 bits per heavy atom. The second kappa shape index (κ2) is 6.20. The molecule has 3 aliphatic heterocycles. The van der Waals surface area contributed by atoms with Crippen molar-refractivity contribution in [3.63, 3.8) is 0 Å². The third-order valence-corrected chi connectivity index (χ3v) is 5.81. The van der Waals surface area contributed by atoms with Gasteiger partial charge >= 0.3 is 0 Å². The van der Waals surface area contributed by atoms with E-state index in [1.165, 1.54) is 0 Å². The van der Waals surface area contributed by atoms with Crippen LogP contribution >= 0.6 is 0 Å². The summed E-state index contributed by atoms with van der Waals surface area (Å²) in [5.74, 6) is -2.18. The van der Waals surface area contributed by atoms with Crippen LogP contribution in [0.15, 0.2) is 24.4 Å². The lowest BCUT2D eigenvalue weighted by Gasteiger charge is -2.46. The van der Waals surface area contributed by atoms with Crippen molar-refractivity contribution in [1.82, 2.24) is 9.88 Å². The van der Waals surface area contributed by atoms with Crippen molar-refractivity contribution in [2.75, 3.05) is 37.7 Å². The average Bonchev–Trinajstić information content (AvgIpc) is 3.29. The van der Waals surface area contributed by atoms with Crippen molar-refractivity contribution in [3.8, 4) is 0 Å². The summed E-state index contributed by atoms with van der Waals surface area (Å²) in [6.45, 7) is 1.55. The molecule has 0 aliphatic carbocycles. The van der Waals surface area contributed by atoms with Crippen LogP contribution in [-0.4, -0.2) is 60.6 Å². The number of piperidine rings is 1. The Morgan fingerprint density at radius 2 is 2.12 bits per heavy atom. The van der Waals surface area contributed by atoms with Gasteiger partial charge in [-0.15, -0.1) is 0 Å². The van der Waals surface area contributed by atoms with Gasteiger partial charge < -0.3 is 14.5 Å². The van der Waals surface area contributed by atoms with Crippen molar-refractivity contribution in [2.24, 2.45) is 5.41 Å². The number of rotatable bonds is 2. The van der Waals surface area contributed by atoms with Crippen LogP contribution in [0.5, 0.6) is 0 Å². The highest BCUT2D eigenvalue weighted by molar-refractivity contribution is 5.81. The Kier molecular flexibility index (Phi) is 4.14. The lowest BCUT2D eigenvalue weighted by atomic mass is 9.75. The van der Waals surface area contributed by atoms with E-state index in [1.54, 1.807) is 11.1 Å². The van der Waals surface area contributed by atoms with Crippen molar-refractivity contribution >= 4 is 11.7 Å². The molecule has 25 heavy (non-hydrogen) atoms. The van der Waals surface area contributed by atoms with Crippen LogP contribution in [0.4, 0.5) is 14.6 Å². The Balaban J connectivity index is 1.53. The molecule has 3 saturated heterocycles. The molecule has 0 N–H and O–H groups in total. The monoisotopic (exact) mass is 351 g/mol. The highest BCUT2D eigenvalue weighted by Gasteiger charge is 2.60. The molecule has 3 aliphatic rings. The van der Waals surface area contributed by atoms with Gasteiger partial charge in [0.2, 0.25) is 0 Å². The van der Waals surface area contributed by atoms with Gasteiger partial charge in [-0.05, 0) is 31.4 Å². The van der Waals surface area contributed by atoms with Crippen LogP contribution in [0.1, 0.15) is 25.7 Å². The summed E-state index contributed by atoms with van der Waals surface area (Å²) in [6.07, 6.45) is 2.87. The third-order valence-electron chi connectivity index (χ3n) is 5.81. The van der Waals surface area contributed by atoms with Gasteiger partial charge in [-0.2, -0.15) is 0 Å². The summed E-state index contributed by atoms with van der Waals surface area (Å²) in [4.78, 5) is 20.4. The fourth-order valence-electron chi connectivity index (χ4n) is 4.30. The summed E-state index contributed by atoms with van der Waals surface area (Å²) >= 11 is 0. The standard InChI is InChI=1S/C18H23F2N3O2/c19-18(20)7-10-23(16(24)14-4-3-11-25-14)13-17(18)6-9-22(12-17)15-5-1-2-8-21-15/h1-2,5,8,14H,3-4,6-7,9-13H2/t14-,17-/m1/s1. The highest BCUT2D eigenvalue weighted by Crippen LogP contribution is 2.50. The number of carbonyl (C=O) groups is 1. The molecule has 7 heteroatoms. The fraction of sp³-hybridized carbons (Fsp3) is 0.667. The summed E-state index contributed by atoms with van der Waals surface area (Å²) in [7, 11) is 0. The predicted octanol–water partition coefficient (Wildman–Crippen LogP) is 2.32. The van der Waals surface area contributed by atoms with Crippen molar-refractivity contribution in [3.05, 3.63) is 24.4 Å². The molecule has 0 aromatic carbocycles. The number of nitrogens with zero attached hydrogens (tertiary/aromatic N) is 3. The summed E-state index contributed by atoms with van der Waals surface area (Å²) in [6, 6.07) is 5.52. The van der Waals surface area contributed by atoms with E-state index in [9.17, 15) is 13.6 Å². The fourth-order valence-corrected chi connectivity index (χ4v) is 4.30. The molecule has 1 aromatic rings. The first-order chi connectivity index (χ1) is 12.0. The second-order valence-electron chi connectivity index (χ2n) is 7.36. The summed E-state index contributed by atoms with van der Waals surface area (Å²) in [5.41, 5.74) is -1.20. The molecule has 0 radical (unpaired) electrons. The number of hydrogen-bond donors (Lipinski definition) is 0. The summed E-state index contributed by atoms with van der Waals surface area (Å²) < 4.78 is 35.2. The Labute approximate surface area is 146 Å². The predicted molar refractivity (Wildman–Crippen MR) is 88.6 cm³/mol. The van der Waals surface area contributed by atoms with Gasteiger partial charge in [0.25, 0.3) is 11.8 Å². The molecule has 3 fully saturated rings. The number of anilines is 1. The van der Waals surface area contributed by atoms with E-state index in [4.69, 9.17) is 4.74 Å².